The highest BCUT2D eigenvalue weighted by Crippen LogP contribution is 2.19. The molecule has 1 aliphatic carbocycles. The summed E-state index contributed by atoms with van der Waals surface area (Å²) >= 11 is 1.54. The van der Waals surface area contributed by atoms with Crippen LogP contribution >= 0.6 is 11.3 Å². The first kappa shape index (κ1) is 11.4. The van der Waals surface area contributed by atoms with Crippen LogP contribution in [0.2, 0.25) is 0 Å². The third-order valence-electron chi connectivity index (χ3n) is 2.78. The van der Waals surface area contributed by atoms with E-state index in [9.17, 15) is 9.90 Å². The van der Waals surface area contributed by atoms with Crippen molar-refractivity contribution >= 4 is 17.2 Å². The Morgan fingerprint density at radius 2 is 2.31 bits per heavy atom. The molecule has 3 nitrogen and oxygen atoms in total. The quantitative estimate of drug-likeness (QED) is 0.785. The number of hydrogen-bond donors (Lipinski definition) is 2. The zero-order chi connectivity index (χ0) is 11.4. The van der Waals surface area contributed by atoms with Gasteiger partial charge in [-0.2, -0.15) is 11.3 Å². The number of allylic oxidation sites excluding steroid dienone is 2. The molecule has 1 aromatic heterocycles. The normalized spacial score (nSPS) is 17.6. The van der Waals surface area contributed by atoms with E-state index in [0.717, 1.165) is 18.4 Å². The Labute approximate surface area is 98.8 Å². The standard InChI is InChI=1S/C12H15NO2S/c14-11(10-5-6-16-8-10)7-13-12(15)9-3-1-2-4-9/h1-2,5-6,8-9,11,14H,3-4,7H2,(H,13,15). The predicted octanol–water partition coefficient (Wildman–Crippen LogP) is 1.86. The molecule has 86 valence electrons. The highest BCUT2D eigenvalue weighted by molar-refractivity contribution is 7.07. The fraction of sp³-hybridized carbons (Fsp3) is 0.417. The van der Waals surface area contributed by atoms with Gasteiger partial charge in [-0.15, -0.1) is 0 Å². The summed E-state index contributed by atoms with van der Waals surface area (Å²) in [5.41, 5.74) is 0.870. The van der Waals surface area contributed by atoms with Gasteiger partial charge in [-0.3, -0.25) is 4.79 Å². The first-order valence-electron chi connectivity index (χ1n) is 5.40. The van der Waals surface area contributed by atoms with E-state index >= 15 is 0 Å². The number of hydrogen-bond acceptors (Lipinski definition) is 3. The van der Waals surface area contributed by atoms with Crippen LogP contribution in [0.25, 0.3) is 0 Å². The molecule has 1 heterocycles. The van der Waals surface area contributed by atoms with Gasteiger partial charge in [0.25, 0.3) is 0 Å². The van der Waals surface area contributed by atoms with E-state index in [4.69, 9.17) is 0 Å². The van der Waals surface area contributed by atoms with Crippen LogP contribution in [0, 0.1) is 5.92 Å². The van der Waals surface area contributed by atoms with Gasteiger partial charge in [0, 0.05) is 12.5 Å². The molecule has 0 saturated carbocycles. The molecule has 16 heavy (non-hydrogen) atoms. The average molecular weight is 237 g/mol. The highest BCUT2D eigenvalue weighted by atomic mass is 32.1. The fourth-order valence-electron chi connectivity index (χ4n) is 1.76. The zero-order valence-corrected chi connectivity index (χ0v) is 9.74. The van der Waals surface area contributed by atoms with E-state index < -0.39 is 6.10 Å². The number of carbonyl (C=O) groups is 1. The van der Waals surface area contributed by atoms with E-state index in [1.807, 2.05) is 29.0 Å². The number of thiophene rings is 1. The van der Waals surface area contributed by atoms with Crippen molar-refractivity contribution in [1.29, 1.82) is 0 Å². The summed E-state index contributed by atoms with van der Waals surface area (Å²) in [5.74, 6) is 0.106. The molecule has 0 saturated heterocycles. The summed E-state index contributed by atoms with van der Waals surface area (Å²) < 4.78 is 0. The minimum Gasteiger partial charge on any atom is -0.387 e. The third kappa shape index (κ3) is 2.71. The van der Waals surface area contributed by atoms with Gasteiger partial charge in [0.15, 0.2) is 0 Å². The summed E-state index contributed by atoms with van der Waals surface area (Å²) in [6, 6.07) is 1.87. The summed E-state index contributed by atoms with van der Waals surface area (Å²) in [6.45, 7) is 0.298. The van der Waals surface area contributed by atoms with Crippen molar-refractivity contribution in [3.05, 3.63) is 34.5 Å². The Morgan fingerprint density at radius 3 is 2.94 bits per heavy atom. The lowest BCUT2D eigenvalue weighted by atomic mass is 10.1. The molecule has 1 atom stereocenters. The molecule has 1 unspecified atom stereocenters. The zero-order valence-electron chi connectivity index (χ0n) is 8.93. The largest absolute Gasteiger partial charge is 0.387 e. The van der Waals surface area contributed by atoms with Gasteiger partial charge in [0.05, 0.1) is 6.10 Å². The lowest BCUT2D eigenvalue weighted by Crippen LogP contribution is -2.32. The minimum absolute atomic E-state index is 0.0410. The van der Waals surface area contributed by atoms with Crippen LogP contribution < -0.4 is 5.32 Å². The molecule has 2 rings (SSSR count). The van der Waals surface area contributed by atoms with Crippen molar-refractivity contribution in [2.45, 2.75) is 18.9 Å². The van der Waals surface area contributed by atoms with Gasteiger partial charge >= 0.3 is 0 Å². The van der Waals surface area contributed by atoms with E-state index in [0.29, 0.717) is 6.54 Å². The second kappa shape index (κ2) is 5.27. The molecule has 4 heteroatoms. The number of aliphatic hydroxyl groups is 1. The van der Waals surface area contributed by atoms with Crippen LogP contribution in [0.5, 0.6) is 0 Å². The summed E-state index contributed by atoms with van der Waals surface area (Å²) in [4.78, 5) is 11.7. The lowest BCUT2D eigenvalue weighted by molar-refractivity contribution is -0.125. The molecule has 0 aromatic carbocycles. The fourth-order valence-corrected chi connectivity index (χ4v) is 2.46. The van der Waals surface area contributed by atoms with Gasteiger partial charge in [0.1, 0.15) is 0 Å². The number of rotatable bonds is 4. The number of nitrogens with one attached hydrogen (secondary N) is 1. The summed E-state index contributed by atoms with van der Waals surface area (Å²) in [6.07, 6.45) is 5.10. The van der Waals surface area contributed by atoms with E-state index in [1.165, 1.54) is 0 Å². The monoisotopic (exact) mass is 237 g/mol. The minimum atomic E-state index is -0.593. The molecule has 0 spiro atoms. The van der Waals surface area contributed by atoms with Crippen LogP contribution in [0.1, 0.15) is 24.5 Å². The van der Waals surface area contributed by atoms with Crippen LogP contribution in [0.4, 0.5) is 0 Å². The molecule has 0 radical (unpaired) electrons. The number of aliphatic hydroxyl groups excluding tert-OH is 1. The van der Waals surface area contributed by atoms with Gasteiger partial charge < -0.3 is 10.4 Å². The van der Waals surface area contributed by atoms with Crippen molar-refractivity contribution in [2.75, 3.05) is 6.54 Å². The van der Waals surface area contributed by atoms with Gasteiger partial charge in [-0.25, -0.2) is 0 Å². The second-order valence-electron chi connectivity index (χ2n) is 3.96. The first-order chi connectivity index (χ1) is 7.77. The Kier molecular flexibility index (Phi) is 3.74. The van der Waals surface area contributed by atoms with E-state index in [-0.39, 0.29) is 11.8 Å². The first-order valence-corrected chi connectivity index (χ1v) is 6.34. The molecule has 1 amide bonds. The van der Waals surface area contributed by atoms with Crippen molar-refractivity contribution in [3.8, 4) is 0 Å². The van der Waals surface area contributed by atoms with Gasteiger partial charge in [-0.05, 0) is 35.2 Å². The van der Waals surface area contributed by atoms with Crippen molar-refractivity contribution in [1.82, 2.24) is 5.32 Å². The highest BCUT2D eigenvalue weighted by Gasteiger charge is 2.19. The predicted molar refractivity (Wildman–Crippen MR) is 64.2 cm³/mol. The maximum atomic E-state index is 11.7. The molecule has 1 aliphatic rings. The van der Waals surface area contributed by atoms with Crippen LogP contribution in [-0.2, 0) is 4.79 Å². The second-order valence-corrected chi connectivity index (χ2v) is 4.74. The lowest BCUT2D eigenvalue weighted by Gasteiger charge is -2.13. The molecular weight excluding hydrogens is 222 g/mol. The Morgan fingerprint density at radius 1 is 1.56 bits per heavy atom. The molecule has 0 bridgehead atoms. The number of carbonyl (C=O) groups excluding carboxylic acids is 1. The van der Waals surface area contributed by atoms with E-state index in [2.05, 4.69) is 5.32 Å². The maximum Gasteiger partial charge on any atom is 0.223 e. The summed E-state index contributed by atoms with van der Waals surface area (Å²) in [5, 5.41) is 16.4. The SMILES string of the molecule is O=C(NCC(O)c1ccsc1)C1CC=CC1. The Balaban J connectivity index is 1.76. The van der Waals surface area contributed by atoms with Crippen molar-refractivity contribution < 1.29 is 9.90 Å². The van der Waals surface area contributed by atoms with Crippen molar-refractivity contribution in [3.63, 3.8) is 0 Å². The molecular formula is C12H15NO2S. The smallest absolute Gasteiger partial charge is 0.223 e. The van der Waals surface area contributed by atoms with E-state index in [1.54, 1.807) is 11.3 Å². The molecule has 2 N–H and O–H groups in total. The summed E-state index contributed by atoms with van der Waals surface area (Å²) in [7, 11) is 0. The molecule has 0 fully saturated rings. The Hall–Kier alpha value is -1.13. The maximum absolute atomic E-state index is 11.7. The number of amides is 1. The molecule has 1 aromatic rings. The average Bonchev–Trinajstić information content (AvgIpc) is 2.95. The van der Waals surface area contributed by atoms with Crippen LogP contribution in [-0.4, -0.2) is 17.6 Å². The van der Waals surface area contributed by atoms with Crippen LogP contribution in [0.3, 0.4) is 0 Å². The topological polar surface area (TPSA) is 49.3 Å². The van der Waals surface area contributed by atoms with Crippen LogP contribution in [0.15, 0.2) is 29.0 Å². The van der Waals surface area contributed by atoms with Gasteiger partial charge in [-0.1, -0.05) is 12.2 Å². The van der Waals surface area contributed by atoms with Gasteiger partial charge in [0.2, 0.25) is 5.91 Å². The Bertz CT molecular complexity index is 364. The third-order valence-corrected chi connectivity index (χ3v) is 3.48. The van der Waals surface area contributed by atoms with Crippen molar-refractivity contribution in [2.24, 2.45) is 5.92 Å². The molecule has 0 aliphatic heterocycles.